The molecule has 0 saturated heterocycles. The van der Waals surface area contributed by atoms with Crippen LogP contribution in [0.2, 0.25) is 0 Å². The van der Waals surface area contributed by atoms with Gasteiger partial charge in [0, 0.05) is 0 Å². The Morgan fingerprint density at radius 1 is 0.700 bits per heavy atom. The minimum Gasteiger partial charge on any atom is -0.344 e. The summed E-state index contributed by atoms with van der Waals surface area (Å²) in [7, 11) is 0. The van der Waals surface area contributed by atoms with E-state index in [1.54, 1.807) is 51.4 Å². The summed E-state index contributed by atoms with van der Waals surface area (Å²) in [6, 6.07) is 0. The normalized spacial score (nSPS) is 54.3. The van der Waals surface area contributed by atoms with E-state index >= 15 is 0 Å². The van der Waals surface area contributed by atoms with E-state index in [9.17, 15) is 0 Å². The maximum absolute atomic E-state index is 2.70. The quantitative estimate of drug-likeness (QED) is 0.581. The van der Waals surface area contributed by atoms with Gasteiger partial charge in [-0.1, -0.05) is 33.1 Å². The summed E-state index contributed by atoms with van der Waals surface area (Å²) in [5.74, 6) is 4.41. The Balaban J connectivity index is 0.00000121. The summed E-state index contributed by atoms with van der Waals surface area (Å²) in [5.41, 5.74) is 1.49. The van der Waals surface area contributed by atoms with Crippen LogP contribution in [0, 0.1) is 34.5 Å². The molecule has 3 N–H and O–H groups in total. The monoisotopic (exact) mass is 277 g/mol. The first-order valence-corrected chi connectivity index (χ1v) is 9.13. The van der Waals surface area contributed by atoms with Gasteiger partial charge >= 0.3 is 0 Å². The maximum Gasteiger partial charge on any atom is -0.0266 e. The second-order valence-corrected chi connectivity index (χ2v) is 8.99. The molecule has 6 atom stereocenters. The molecular weight excluding hydrogens is 242 g/mol. The van der Waals surface area contributed by atoms with Crippen LogP contribution in [0.4, 0.5) is 0 Å². The molecule has 0 heterocycles. The van der Waals surface area contributed by atoms with Gasteiger partial charge in [0.1, 0.15) is 0 Å². The summed E-state index contributed by atoms with van der Waals surface area (Å²) >= 11 is 0. The lowest BCUT2D eigenvalue weighted by molar-refractivity contribution is -0.103. The fourth-order valence-electron chi connectivity index (χ4n) is 7.29. The zero-order valence-corrected chi connectivity index (χ0v) is 13.8. The predicted octanol–water partition coefficient (Wildman–Crippen LogP) is 5.97. The molecule has 20 heavy (non-hydrogen) atoms. The van der Waals surface area contributed by atoms with Gasteiger partial charge in [0.05, 0.1) is 0 Å². The van der Waals surface area contributed by atoms with E-state index in [0.29, 0.717) is 0 Å². The highest BCUT2D eigenvalue weighted by Gasteiger charge is 2.56. The van der Waals surface area contributed by atoms with Gasteiger partial charge in [0.15, 0.2) is 0 Å². The molecule has 6 unspecified atom stereocenters. The van der Waals surface area contributed by atoms with Gasteiger partial charge in [-0.05, 0) is 85.9 Å². The average Bonchev–Trinajstić information content (AvgIpc) is 2.79. The summed E-state index contributed by atoms with van der Waals surface area (Å²) in [4.78, 5) is 0. The molecule has 0 aliphatic heterocycles. The van der Waals surface area contributed by atoms with E-state index in [1.807, 2.05) is 0 Å². The van der Waals surface area contributed by atoms with Crippen LogP contribution in [0.15, 0.2) is 0 Å². The van der Waals surface area contributed by atoms with Gasteiger partial charge < -0.3 is 6.15 Å². The third kappa shape index (κ3) is 1.91. The summed E-state index contributed by atoms with van der Waals surface area (Å²) in [6.45, 7) is 5.33. The van der Waals surface area contributed by atoms with Gasteiger partial charge in [0.25, 0.3) is 0 Å². The van der Waals surface area contributed by atoms with Crippen molar-refractivity contribution in [2.75, 3.05) is 0 Å². The Hall–Kier alpha value is -0.0400. The number of rotatable bonds is 0. The third-order valence-electron chi connectivity index (χ3n) is 8.36. The van der Waals surface area contributed by atoms with Crippen molar-refractivity contribution in [1.82, 2.24) is 6.15 Å². The molecular formula is C19H35N. The molecule has 0 spiro atoms. The van der Waals surface area contributed by atoms with Crippen molar-refractivity contribution in [2.24, 2.45) is 34.5 Å². The lowest BCUT2D eigenvalue weighted by atomic mass is 9.45. The van der Waals surface area contributed by atoms with E-state index in [1.165, 1.54) is 19.3 Å². The van der Waals surface area contributed by atoms with E-state index in [-0.39, 0.29) is 6.15 Å². The summed E-state index contributed by atoms with van der Waals surface area (Å²) in [6.07, 6.45) is 17.1. The lowest BCUT2D eigenvalue weighted by Gasteiger charge is -2.60. The van der Waals surface area contributed by atoms with Crippen LogP contribution in [-0.2, 0) is 0 Å². The van der Waals surface area contributed by atoms with Crippen molar-refractivity contribution < 1.29 is 0 Å². The van der Waals surface area contributed by atoms with Crippen LogP contribution in [0.5, 0.6) is 0 Å². The van der Waals surface area contributed by atoms with Crippen molar-refractivity contribution in [3.63, 3.8) is 0 Å². The molecule has 0 aromatic rings. The Kier molecular flexibility index (Phi) is 3.72. The molecule has 0 aromatic heterocycles. The highest BCUT2D eigenvalue weighted by atomic mass is 14.6. The zero-order chi connectivity index (χ0) is 13.1. The topological polar surface area (TPSA) is 35.0 Å². The fraction of sp³-hybridized carbons (Fsp3) is 1.00. The fourth-order valence-corrected chi connectivity index (χ4v) is 7.29. The lowest BCUT2D eigenvalue weighted by Crippen LogP contribution is -2.51. The van der Waals surface area contributed by atoms with Crippen LogP contribution in [0.3, 0.4) is 0 Å². The van der Waals surface area contributed by atoms with Gasteiger partial charge in [-0.15, -0.1) is 0 Å². The molecule has 4 saturated carbocycles. The third-order valence-corrected chi connectivity index (χ3v) is 8.36. The minimum absolute atomic E-state index is 0. The molecule has 0 amide bonds. The van der Waals surface area contributed by atoms with Gasteiger partial charge in [-0.25, -0.2) is 0 Å². The highest BCUT2D eigenvalue weighted by Crippen LogP contribution is 2.66. The van der Waals surface area contributed by atoms with E-state index in [0.717, 1.165) is 34.5 Å². The first-order chi connectivity index (χ1) is 9.13. The zero-order valence-electron chi connectivity index (χ0n) is 13.8. The molecule has 0 bridgehead atoms. The first kappa shape index (κ1) is 14.9. The predicted molar refractivity (Wildman–Crippen MR) is 86.0 cm³/mol. The summed E-state index contributed by atoms with van der Waals surface area (Å²) < 4.78 is 0. The van der Waals surface area contributed by atoms with Crippen molar-refractivity contribution in [3.05, 3.63) is 0 Å². The SMILES string of the molecule is CC12CCCC1C1CCC3CCCCC3(C)C1CC2.N. The van der Waals surface area contributed by atoms with E-state index in [4.69, 9.17) is 0 Å². The average molecular weight is 277 g/mol. The van der Waals surface area contributed by atoms with Crippen molar-refractivity contribution in [1.29, 1.82) is 0 Å². The standard InChI is InChI=1S/C19H32.H3N/c1-18-11-5-7-16(18)15-9-8-14-6-3-4-12-19(14,2)17(15)10-13-18;/h14-17H,3-13H2,1-2H3;1H3. The first-order valence-electron chi connectivity index (χ1n) is 9.13. The minimum atomic E-state index is 0. The molecule has 4 aliphatic rings. The van der Waals surface area contributed by atoms with Crippen molar-refractivity contribution in [2.45, 2.75) is 84.5 Å². The molecule has 4 rings (SSSR count). The van der Waals surface area contributed by atoms with E-state index < -0.39 is 0 Å². The van der Waals surface area contributed by atoms with Crippen LogP contribution in [0.1, 0.15) is 84.5 Å². The molecule has 4 fully saturated rings. The molecule has 116 valence electrons. The number of hydrogen-bond donors (Lipinski definition) is 1. The largest absolute Gasteiger partial charge is 0.344 e. The number of fused-ring (bicyclic) bond motifs is 5. The van der Waals surface area contributed by atoms with Crippen LogP contribution in [0.25, 0.3) is 0 Å². The highest BCUT2D eigenvalue weighted by molar-refractivity contribution is 5.06. The Labute approximate surface area is 125 Å². The second kappa shape index (κ2) is 5.00. The second-order valence-electron chi connectivity index (χ2n) is 8.99. The Bertz CT molecular complexity index is 365. The molecule has 0 aromatic carbocycles. The van der Waals surface area contributed by atoms with Gasteiger partial charge in [0.2, 0.25) is 0 Å². The molecule has 1 nitrogen and oxygen atoms in total. The van der Waals surface area contributed by atoms with Crippen LogP contribution < -0.4 is 6.15 Å². The molecule has 4 aliphatic carbocycles. The van der Waals surface area contributed by atoms with Crippen molar-refractivity contribution >= 4 is 0 Å². The maximum atomic E-state index is 2.70. The van der Waals surface area contributed by atoms with Crippen LogP contribution >= 0.6 is 0 Å². The summed E-state index contributed by atoms with van der Waals surface area (Å²) in [5, 5.41) is 0. The molecule has 0 radical (unpaired) electrons. The van der Waals surface area contributed by atoms with E-state index in [2.05, 4.69) is 13.8 Å². The number of hydrogen-bond acceptors (Lipinski definition) is 1. The smallest absolute Gasteiger partial charge is 0.0266 e. The molecule has 1 heteroatoms. The van der Waals surface area contributed by atoms with Gasteiger partial charge in [-0.2, -0.15) is 0 Å². The van der Waals surface area contributed by atoms with Gasteiger partial charge in [-0.3, -0.25) is 0 Å². The van der Waals surface area contributed by atoms with Crippen LogP contribution in [-0.4, -0.2) is 0 Å². The van der Waals surface area contributed by atoms with Crippen molar-refractivity contribution in [3.8, 4) is 0 Å². The Morgan fingerprint density at radius 2 is 1.55 bits per heavy atom. The Morgan fingerprint density at radius 3 is 2.40 bits per heavy atom.